The molecule has 0 bridgehead atoms. The van der Waals surface area contributed by atoms with E-state index in [-0.39, 0.29) is 6.61 Å². The number of aliphatic hydroxyl groups is 1. The fraction of sp³-hybridized carbons (Fsp3) is 0.143. The molecule has 0 saturated carbocycles. The molecule has 2 aromatic heterocycles. The predicted molar refractivity (Wildman–Crippen MR) is 108 cm³/mol. The summed E-state index contributed by atoms with van der Waals surface area (Å²) in [5, 5.41) is 17.3. The van der Waals surface area contributed by atoms with Crippen molar-refractivity contribution in [3.63, 3.8) is 0 Å². The Morgan fingerprint density at radius 2 is 1.93 bits per heavy atom. The normalized spacial score (nSPS) is 10.9. The quantitative estimate of drug-likeness (QED) is 0.569. The highest BCUT2D eigenvalue weighted by Gasteiger charge is 2.11. The summed E-state index contributed by atoms with van der Waals surface area (Å²) in [6, 6.07) is 17.9. The van der Waals surface area contributed by atoms with E-state index in [0.717, 1.165) is 39.5 Å². The lowest BCUT2D eigenvalue weighted by Crippen LogP contribution is -2.08. The van der Waals surface area contributed by atoms with Crippen LogP contribution in [0.1, 0.15) is 5.56 Å². The van der Waals surface area contributed by atoms with Crippen LogP contribution in [0.4, 0.5) is 17.2 Å². The molecular weight excluding hydrogens is 338 g/mol. The van der Waals surface area contributed by atoms with Gasteiger partial charge in [-0.05, 0) is 41.5 Å². The second-order valence-corrected chi connectivity index (χ2v) is 6.55. The molecule has 0 unspecified atom stereocenters. The van der Waals surface area contributed by atoms with Crippen LogP contribution in [0.25, 0.3) is 16.8 Å². The first-order chi connectivity index (χ1) is 13.2. The number of hydrogen-bond acceptors (Lipinski definition) is 5. The summed E-state index contributed by atoms with van der Waals surface area (Å²) in [4.78, 5) is 6.57. The molecule has 0 saturated heterocycles. The van der Waals surface area contributed by atoms with Crippen molar-refractivity contribution in [2.45, 2.75) is 6.61 Å². The van der Waals surface area contributed by atoms with Crippen LogP contribution in [0.15, 0.2) is 67.0 Å². The fourth-order valence-corrected chi connectivity index (χ4v) is 3.04. The number of hydrogen-bond donors (Lipinski definition) is 2. The SMILES string of the molecule is CN(C)c1cccc(Nc2ccnc3c(-c4cccc(CO)c4)cnn23)c1. The molecule has 0 spiro atoms. The molecule has 27 heavy (non-hydrogen) atoms. The second kappa shape index (κ2) is 7.09. The molecule has 4 aromatic rings. The van der Waals surface area contributed by atoms with E-state index in [1.807, 2.05) is 56.6 Å². The minimum atomic E-state index is 0.00943. The Labute approximate surface area is 157 Å². The largest absolute Gasteiger partial charge is 0.392 e. The second-order valence-electron chi connectivity index (χ2n) is 6.55. The molecule has 0 radical (unpaired) electrons. The van der Waals surface area contributed by atoms with Crippen LogP contribution in [0.5, 0.6) is 0 Å². The summed E-state index contributed by atoms with van der Waals surface area (Å²) >= 11 is 0. The van der Waals surface area contributed by atoms with Gasteiger partial charge in [-0.2, -0.15) is 9.61 Å². The highest BCUT2D eigenvalue weighted by molar-refractivity contribution is 5.78. The van der Waals surface area contributed by atoms with Gasteiger partial charge >= 0.3 is 0 Å². The Balaban J connectivity index is 1.73. The fourth-order valence-electron chi connectivity index (χ4n) is 3.04. The lowest BCUT2D eigenvalue weighted by molar-refractivity contribution is 0.282. The van der Waals surface area contributed by atoms with E-state index in [4.69, 9.17) is 0 Å². The van der Waals surface area contributed by atoms with Gasteiger partial charge in [-0.1, -0.05) is 24.3 Å². The molecule has 0 aliphatic heterocycles. The Bertz CT molecular complexity index is 1090. The van der Waals surface area contributed by atoms with Gasteiger partial charge in [0.1, 0.15) is 5.82 Å². The molecule has 0 aliphatic carbocycles. The van der Waals surface area contributed by atoms with Crippen molar-refractivity contribution in [3.05, 3.63) is 72.6 Å². The number of rotatable bonds is 5. The maximum atomic E-state index is 9.39. The van der Waals surface area contributed by atoms with E-state index >= 15 is 0 Å². The molecule has 136 valence electrons. The molecular formula is C21H21N5O. The average molecular weight is 359 g/mol. The van der Waals surface area contributed by atoms with Crippen LogP contribution < -0.4 is 10.2 Å². The molecule has 2 heterocycles. The number of aliphatic hydroxyl groups excluding tert-OH is 1. The van der Waals surface area contributed by atoms with Gasteiger partial charge in [0, 0.05) is 37.2 Å². The Kier molecular flexibility index (Phi) is 4.48. The van der Waals surface area contributed by atoms with E-state index in [1.54, 1.807) is 16.9 Å². The lowest BCUT2D eigenvalue weighted by Gasteiger charge is -2.14. The maximum absolute atomic E-state index is 9.39. The average Bonchev–Trinajstić information content (AvgIpc) is 3.13. The zero-order chi connectivity index (χ0) is 18.8. The number of benzene rings is 2. The van der Waals surface area contributed by atoms with Gasteiger partial charge in [-0.3, -0.25) is 0 Å². The molecule has 6 nitrogen and oxygen atoms in total. The first-order valence-electron chi connectivity index (χ1n) is 8.73. The first-order valence-corrected chi connectivity index (χ1v) is 8.73. The summed E-state index contributed by atoms with van der Waals surface area (Å²) in [5.41, 5.74) is 5.63. The van der Waals surface area contributed by atoms with E-state index in [2.05, 4.69) is 32.4 Å². The number of aromatic nitrogens is 3. The van der Waals surface area contributed by atoms with Crippen molar-refractivity contribution in [1.29, 1.82) is 0 Å². The van der Waals surface area contributed by atoms with Crippen molar-refractivity contribution in [3.8, 4) is 11.1 Å². The van der Waals surface area contributed by atoms with Gasteiger partial charge in [0.15, 0.2) is 5.65 Å². The van der Waals surface area contributed by atoms with Gasteiger partial charge < -0.3 is 15.3 Å². The third-order valence-electron chi connectivity index (χ3n) is 4.46. The molecule has 6 heteroatoms. The summed E-state index contributed by atoms with van der Waals surface area (Å²) in [5.74, 6) is 0.834. The molecule has 0 aliphatic rings. The van der Waals surface area contributed by atoms with Crippen molar-refractivity contribution >= 4 is 22.8 Å². The van der Waals surface area contributed by atoms with Crippen LogP contribution in [0.3, 0.4) is 0 Å². The standard InChI is InChI=1S/C21H21N5O/c1-25(2)18-8-4-7-17(12-18)24-20-9-10-22-21-19(13-23-26(20)21)16-6-3-5-15(11-16)14-27/h3-13,24,27H,14H2,1-2H3. The predicted octanol–water partition coefficient (Wildman–Crippen LogP) is 3.70. The van der Waals surface area contributed by atoms with Gasteiger partial charge in [-0.25, -0.2) is 4.98 Å². The number of nitrogens with one attached hydrogen (secondary N) is 1. The van der Waals surface area contributed by atoms with Crippen molar-refractivity contribution in [2.75, 3.05) is 24.3 Å². The highest BCUT2D eigenvalue weighted by Crippen LogP contribution is 2.27. The maximum Gasteiger partial charge on any atom is 0.165 e. The summed E-state index contributed by atoms with van der Waals surface area (Å²) in [7, 11) is 4.04. The minimum absolute atomic E-state index is 0.00943. The number of fused-ring (bicyclic) bond motifs is 1. The van der Waals surface area contributed by atoms with Crippen LogP contribution in [-0.2, 0) is 6.61 Å². The van der Waals surface area contributed by atoms with Crippen LogP contribution >= 0.6 is 0 Å². The van der Waals surface area contributed by atoms with Gasteiger partial charge in [-0.15, -0.1) is 0 Å². The zero-order valence-electron chi connectivity index (χ0n) is 15.3. The summed E-state index contributed by atoms with van der Waals surface area (Å²) < 4.78 is 1.79. The summed E-state index contributed by atoms with van der Waals surface area (Å²) in [6.07, 6.45) is 3.58. The molecule has 0 fully saturated rings. The number of anilines is 3. The third kappa shape index (κ3) is 3.35. The monoisotopic (exact) mass is 359 g/mol. The van der Waals surface area contributed by atoms with E-state index in [1.165, 1.54) is 0 Å². The molecule has 0 amide bonds. The number of nitrogens with zero attached hydrogens (tertiary/aromatic N) is 4. The Morgan fingerprint density at radius 3 is 2.74 bits per heavy atom. The zero-order valence-corrected chi connectivity index (χ0v) is 15.3. The molecule has 2 N–H and O–H groups in total. The molecule has 4 rings (SSSR count). The van der Waals surface area contributed by atoms with Gasteiger partial charge in [0.25, 0.3) is 0 Å². The molecule has 2 aromatic carbocycles. The minimum Gasteiger partial charge on any atom is -0.392 e. The topological polar surface area (TPSA) is 65.7 Å². The van der Waals surface area contributed by atoms with Crippen molar-refractivity contribution < 1.29 is 5.11 Å². The van der Waals surface area contributed by atoms with E-state index < -0.39 is 0 Å². The van der Waals surface area contributed by atoms with Crippen LogP contribution in [-0.4, -0.2) is 33.8 Å². The Hall–Kier alpha value is -3.38. The Morgan fingerprint density at radius 1 is 1.07 bits per heavy atom. The smallest absolute Gasteiger partial charge is 0.165 e. The van der Waals surface area contributed by atoms with Crippen LogP contribution in [0.2, 0.25) is 0 Å². The van der Waals surface area contributed by atoms with E-state index in [9.17, 15) is 5.11 Å². The third-order valence-corrected chi connectivity index (χ3v) is 4.46. The van der Waals surface area contributed by atoms with Gasteiger partial charge in [0.2, 0.25) is 0 Å². The lowest BCUT2D eigenvalue weighted by atomic mass is 10.1. The first kappa shape index (κ1) is 17.1. The van der Waals surface area contributed by atoms with E-state index in [0.29, 0.717) is 0 Å². The van der Waals surface area contributed by atoms with Crippen molar-refractivity contribution in [2.24, 2.45) is 0 Å². The van der Waals surface area contributed by atoms with Crippen molar-refractivity contribution in [1.82, 2.24) is 14.6 Å². The van der Waals surface area contributed by atoms with Crippen LogP contribution in [0, 0.1) is 0 Å². The highest BCUT2D eigenvalue weighted by atomic mass is 16.3. The molecule has 0 atom stereocenters. The summed E-state index contributed by atoms with van der Waals surface area (Å²) in [6.45, 7) is 0.00943. The van der Waals surface area contributed by atoms with Gasteiger partial charge in [0.05, 0.1) is 12.8 Å².